The van der Waals surface area contributed by atoms with E-state index in [1.165, 1.54) is 0 Å². The van der Waals surface area contributed by atoms with Gasteiger partial charge in [-0.2, -0.15) is 0 Å². The van der Waals surface area contributed by atoms with Gasteiger partial charge < -0.3 is 18.9 Å². The van der Waals surface area contributed by atoms with Gasteiger partial charge in [0.1, 0.15) is 18.3 Å². The number of phosphoric acid groups is 1. The first-order valence-electron chi connectivity index (χ1n) is 16.9. The van der Waals surface area contributed by atoms with Crippen LogP contribution < -0.4 is 0 Å². The van der Waals surface area contributed by atoms with E-state index in [1.807, 2.05) is 152 Å². The van der Waals surface area contributed by atoms with Crippen molar-refractivity contribution < 1.29 is 41.5 Å². The first-order chi connectivity index (χ1) is 25.0. The van der Waals surface area contributed by atoms with Crippen molar-refractivity contribution in [1.29, 1.82) is 0 Å². The smallest absolute Gasteiger partial charge is 0.374 e. The van der Waals surface area contributed by atoms with E-state index in [-0.39, 0.29) is 39.6 Å². The number of benzene rings is 5. The Bertz CT molecular complexity index is 1700. The second-order valence-corrected chi connectivity index (χ2v) is 13.7. The van der Waals surface area contributed by atoms with Crippen molar-refractivity contribution in [3.63, 3.8) is 0 Å². The van der Waals surface area contributed by atoms with E-state index in [9.17, 15) is 4.57 Å². The highest BCUT2D eigenvalue weighted by Crippen LogP contribution is 2.53. The van der Waals surface area contributed by atoms with Gasteiger partial charge in [-0.25, -0.2) is 8.96 Å². The molecule has 266 valence electrons. The van der Waals surface area contributed by atoms with Crippen LogP contribution in [0, 0.1) is 0 Å². The molecule has 1 saturated heterocycles. The molecule has 0 unspecified atom stereocenters. The molecule has 0 spiro atoms. The third kappa shape index (κ3) is 11.2. The van der Waals surface area contributed by atoms with Crippen molar-refractivity contribution in [2.75, 3.05) is 6.61 Å². The maximum atomic E-state index is 16.9. The van der Waals surface area contributed by atoms with Crippen LogP contribution in [-0.4, -0.2) is 37.4 Å². The summed E-state index contributed by atoms with van der Waals surface area (Å²) >= 11 is 0. The molecule has 1 aliphatic heterocycles. The molecule has 5 atom stereocenters. The predicted octanol–water partition coefficient (Wildman–Crippen LogP) is 9.00. The molecule has 8 nitrogen and oxygen atoms in total. The molecule has 6 rings (SSSR count). The summed E-state index contributed by atoms with van der Waals surface area (Å²) in [6.45, 7) is 0.353. The predicted molar refractivity (Wildman–Crippen MR) is 191 cm³/mol. The third-order valence-corrected chi connectivity index (χ3v) is 9.59. The minimum Gasteiger partial charge on any atom is -0.374 e. The Morgan fingerprint density at radius 2 is 0.882 bits per heavy atom. The van der Waals surface area contributed by atoms with Crippen LogP contribution in [0.15, 0.2) is 152 Å². The van der Waals surface area contributed by atoms with E-state index in [0.717, 1.165) is 27.8 Å². The number of alkyl halides is 1. The SMILES string of the molecule is O=P(OCc1ccccc1)(OCc1ccccc1)O[C@H]1O[C@H](COCc2ccccc2)[C@H](OCc2ccccc2)[C@H](OCc2ccccc2)[C@H]1F. The molecule has 1 aliphatic rings. The van der Waals surface area contributed by atoms with Gasteiger partial charge in [-0.1, -0.05) is 152 Å². The average molecular weight is 713 g/mol. The minimum atomic E-state index is -4.44. The fourth-order valence-electron chi connectivity index (χ4n) is 5.56. The molecule has 0 bridgehead atoms. The molecule has 0 saturated carbocycles. The van der Waals surface area contributed by atoms with Crippen LogP contribution in [0.5, 0.6) is 0 Å². The van der Waals surface area contributed by atoms with E-state index in [1.54, 1.807) is 0 Å². The largest absolute Gasteiger partial charge is 0.477 e. The zero-order valence-corrected chi connectivity index (χ0v) is 29.0. The summed E-state index contributed by atoms with van der Waals surface area (Å²) in [7, 11) is -4.44. The maximum Gasteiger partial charge on any atom is 0.477 e. The highest BCUT2D eigenvalue weighted by Gasteiger charge is 2.51. The third-order valence-electron chi connectivity index (χ3n) is 8.23. The number of halogens is 1. The van der Waals surface area contributed by atoms with Crippen molar-refractivity contribution >= 4 is 7.82 Å². The molecule has 5 aromatic carbocycles. The van der Waals surface area contributed by atoms with E-state index in [4.69, 9.17) is 32.5 Å². The van der Waals surface area contributed by atoms with Gasteiger partial charge in [-0.15, -0.1) is 0 Å². The standard InChI is InChI=1S/C41H42FO8P/c42-38-40(46-28-34-20-10-3-11-21-34)39(45-27-33-18-8-2-9-19-33)37(31-44-26-32-16-6-1-7-17-32)49-41(38)50-51(43,47-29-35-22-12-4-13-23-35)48-30-36-24-14-5-15-25-36/h1-25,37-41H,26-31H2/t37-,38-,39+,40-,41-/m1/s1. The van der Waals surface area contributed by atoms with Gasteiger partial charge in [0.2, 0.25) is 6.29 Å². The molecule has 1 heterocycles. The van der Waals surface area contributed by atoms with Crippen LogP contribution in [0.1, 0.15) is 27.8 Å². The lowest BCUT2D eigenvalue weighted by Crippen LogP contribution is -2.59. The Labute approximate surface area is 298 Å². The maximum absolute atomic E-state index is 16.9. The zero-order chi connectivity index (χ0) is 35.1. The van der Waals surface area contributed by atoms with Crippen LogP contribution in [0.25, 0.3) is 0 Å². The Balaban J connectivity index is 1.26. The summed E-state index contributed by atoms with van der Waals surface area (Å²) in [5.74, 6) is 0. The number of hydrogen-bond acceptors (Lipinski definition) is 8. The summed E-state index contributed by atoms with van der Waals surface area (Å²) in [6, 6.07) is 47.0. The molecule has 0 radical (unpaired) electrons. The van der Waals surface area contributed by atoms with Crippen LogP contribution in [-0.2, 0) is 70.1 Å². The van der Waals surface area contributed by atoms with Gasteiger partial charge >= 0.3 is 7.82 Å². The summed E-state index contributed by atoms with van der Waals surface area (Å²) in [6.07, 6.45) is -6.66. The van der Waals surface area contributed by atoms with Crippen LogP contribution in [0.2, 0.25) is 0 Å². The Hall–Kier alpha value is -4.02. The first-order valence-corrected chi connectivity index (χ1v) is 18.4. The van der Waals surface area contributed by atoms with E-state index in [2.05, 4.69) is 0 Å². The lowest BCUT2D eigenvalue weighted by atomic mass is 9.99. The van der Waals surface area contributed by atoms with Crippen molar-refractivity contribution in [3.8, 4) is 0 Å². The van der Waals surface area contributed by atoms with Crippen molar-refractivity contribution in [2.24, 2.45) is 0 Å². The Kier molecular flexibility index (Phi) is 13.7. The normalized spacial score (nSPS) is 20.6. The zero-order valence-electron chi connectivity index (χ0n) is 28.2. The van der Waals surface area contributed by atoms with Crippen LogP contribution in [0.4, 0.5) is 4.39 Å². The van der Waals surface area contributed by atoms with E-state index < -0.39 is 38.6 Å². The van der Waals surface area contributed by atoms with Crippen molar-refractivity contribution in [1.82, 2.24) is 0 Å². The molecule has 0 N–H and O–H groups in total. The number of ether oxygens (including phenoxy) is 4. The molecular weight excluding hydrogens is 670 g/mol. The van der Waals surface area contributed by atoms with Gasteiger partial charge in [-0.05, 0) is 27.8 Å². The molecule has 5 aromatic rings. The Morgan fingerprint density at radius 3 is 1.31 bits per heavy atom. The quantitative estimate of drug-likeness (QED) is 0.0834. The van der Waals surface area contributed by atoms with Crippen molar-refractivity contribution in [3.05, 3.63) is 179 Å². The molecule has 0 amide bonds. The topological polar surface area (TPSA) is 81.7 Å². The first kappa shape index (κ1) is 36.8. The number of rotatable bonds is 18. The molecule has 51 heavy (non-hydrogen) atoms. The van der Waals surface area contributed by atoms with Gasteiger partial charge in [0, 0.05) is 0 Å². The number of hydrogen-bond donors (Lipinski definition) is 0. The number of phosphoric ester groups is 1. The highest BCUT2D eigenvalue weighted by atomic mass is 31.2. The fourth-order valence-corrected chi connectivity index (χ4v) is 6.79. The fraction of sp³-hybridized carbons (Fsp3) is 0.268. The van der Waals surface area contributed by atoms with Crippen LogP contribution in [0.3, 0.4) is 0 Å². The van der Waals surface area contributed by atoms with E-state index in [0.29, 0.717) is 0 Å². The Morgan fingerprint density at radius 1 is 0.510 bits per heavy atom. The molecular formula is C41H42FO8P. The molecule has 0 aliphatic carbocycles. The molecule has 10 heteroatoms. The monoisotopic (exact) mass is 712 g/mol. The lowest BCUT2D eigenvalue weighted by Gasteiger charge is -2.43. The molecule has 1 fully saturated rings. The van der Waals surface area contributed by atoms with Gasteiger partial charge in [-0.3, -0.25) is 13.6 Å². The van der Waals surface area contributed by atoms with Gasteiger partial charge in [0.05, 0.1) is 39.6 Å². The van der Waals surface area contributed by atoms with Gasteiger partial charge in [0.25, 0.3) is 0 Å². The van der Waals surface area contributed by atoms with Gasteiger partial charge in [0.15, 0.2) is 6.17 Å². The van der Waals surface area contributed by atoms with E-state index >= 15 is 4.39 Å². The van der Waals surface area contributed by atoms with Crippen molar-refractivity contribution in [2.45, 2.75) is 63.8 Å². The summed E-state index contributed by atoms with van der Waals surface area (Å²) in [5, 5.41) is 0. The highest BCUT2D eigenvalue weighted by molar-refractivity contribution is 7.48. The minimum absolute atomic E-state index is 0.00613. The lowest BCUT2D eigenvalue weighted by molar-refractivity contribution is -0.289. The second kappa shape index (κ2) is 19.0. The summed E-state index contributed by atoms with van der Waals surface area (Å²) in [4.78, 5) is 0. The molecule has 0 aromatic heterocycles. The van der Waals surface area contributed by atoms with Crippen LogP contribution >= 0.6 is 7.82 Å². The summed E-state index contributed by atoms with van der Waals surface area (Å²) < 4.78 is 73.9. The second-order valence-electron chi connectivity index (χ2n) is 12.1. The average Bonchev–Trinajstić information content (AvgIpc) is 3.18. The summed E-state index contributed by atoms with van der Waals surface area (Å²) in [5.41, 5.74) is 4.16.